The van der Waals surface area contributed by atoms with Crippen molar-refractivity contribution < 1.29 is 14.3 Å². The summed E-state index contributed by atoms with van der Waals surface area (Å²) in [6.07, 6.45) is 4.64. The molecule has 2 aliphatic heterocycles. The van der Waals surface area contributed by atoms with Gasteiger partial charge >= 0.3 is 6.03 Å². The first-order valence-electron chi connectivity index (χ1n) is 10.2. The summed E-state index contributed by atoms with van der Waals surface area (Å²) in [5.74, 6) is 0.889. The predicted molar refractivity (Wildman–Crippen MR) is 104 cm³/mol. The van der Waals surface area contributed by atoms with E-state index in [9.17, 15) is 4.79 Å². The molecule has 2 heterocycles. The molecule has 1 N–H and O–H groups in total. The number of nitrogens with zero attached hydrogens (tertiary/aromatic N) is 2. The molecule has 4 rings (SSSR count). The minimum atomic E-state index is -0.0725. The Balaban J connectivity index is 1.28. The number of likely N-dealkylation sites (tertiary alicyclic amines) is 1. The van der Waals surface area contributed by atoms with Gasteiger partial charge in [-0.3, -0.25) is 4.90 Å². The van der Waals surface area contributed by atoms with Crippen molar-refractivity contribution in [1.82, 2.24) is 15.1 Å². The van der Waals surface area contributed by atoms with Gasteiger partial charge in [0.25, 0.3) is 0 Å². The van der Waals surface area contributed by atoms with Crippen LogP contribution in [0.3, 0.4) is 0 Å². The molecule has 3 aliphatic rings. The first-order chi connectivity index (χ1) is 13.1. The third-order valence-electron chi connectivity index (χ3n) is 5.99. The fourth-order valence-electron chi connectivity index (χ4n) is 4.43. The zero-order valence-corrected chi connectivity index (χ0v) is 16.3. The summed E-state index contributed by atoms with van der Waals surface area (Å²) in [4.78, 5) is 17.1. The average Bonchev–Trinajstić information content (AvgIpc) is 3.06. The van der Waals surface area contributed by atoms with E-state index < -0.39 is 0 Å². The van der Waals surface area contributed by atoms with Crippen molar-refractivity contribution >= 4 is 6.03 Å². The normalized spacial score (nSPS) is 23.1. The molecular formula is C21H31N3O3. The van der Waals surface area contributed by atoms with Crippen LogP contribution in [-0.2, 0) is 4.74 Å². The summed E-state index contributed by atoms with van der Waals surface area (Å²) in [6, 6.07) is 8.14. The highest BCUT2D eigenvalue weighted by Crippen LogP contribution is 2.31. The van der Waals surface area contributed by atoms with Crippen LogP contribution in [0.1, 0.15) is 31.2 Å². The van der Waals surface area contributed by atoms with Crippen LogP contribution in [0, 0.1) is 6.92 Å². The molecular weight excluding hydrogens is 342 g/mol. The van der Waals surface area contributed by atoms with Crippen LogP contribution >= 0.6 is 0 Å². The number of carbonyl (C=O) groups is 1. The third kappa shape index (κ3) is 4.55. The Morgan fingerprint density at radius 3 is 2.70 bits per heavy atom. The Morgan fingerprint density at radius 2 is 2.00 bits per heavy atom. The van der Waals surface area contributed by atoms with Gasteiger partial charge in [-0.1, -0.05) is 25.0 Å². The molecule has 3 fully saturated rings. The van der Waals surface area contributed by atoms with Crippen molar-refractivity contribution in [2.45, 2.75) is 44.2 Å². The lowest BCUT2D eigenvalue weighted by Crippen LogP contribution is -2.64. The zero-order chi connectivity index (χ0) is 18.7. The molecule has 0 bridgehead atoms. The van der Waals surface area contributed by atoms with E-state index in [0.717, 1.165) is 51.4 Å². The lowest BCUT2D eigenvalue weighted by atomic mass is 9.96. The number of urea groups is 1. The van der Waals surface area contributed by atoms with Crippen molar-refractivity contribution in [3.63, 3.8) is 0 Å². The molecule has 1 aromatic carbocycles. The number of carbonyl (C=O) groups excluding carboxylic acids is 1. The van der Waals surface area contributed by atoms with Gasteiger partial charge in [-0.25, -0.2) is 4.79 Å². The number of aryl methyl sites for hydroxylation is 1. The minimum Gasteiger partial charge on any atom is -0.487 e. The number of morpholine rings is 1. The van der Waals surface area contributed by atoms with E-state index in [2.05, 4.69) is 23.2 Å². The van der Waals surface area contributed by atoms with Crippen LogP contribution in [0.5, 0.6) is 5.75 Å². The topological polar surface area (TPSA) is 54.0 Å². The molecule has 6 nitrogen and oxygen atoms in total. The van der Waals surface area contributed by atoms with E-state index in [-0.39, 0.29) is 17.7 Å². The molecule has 0 unspecified atom stereocenters. The second-order valence-corrected chi connectivity index (χ2v) is 8.27. The van der Waals surface area contributed by atoms with Crippen LogP contribution in [0.25, 0.3) is 0 Å². The quantitative estimate of drug-likeness (QED) is 0.861. The summed E-state index contributed by atoms with van der Waals surface area (Å²) < 4.78 is 11.4. The lowest BCUT2D eigenvalue weighted by Gasteiger charge is -2.43. The molecule has 0 aromatic heterocycles. The van der Waals surface area contributed by atoms with Gasteiger partial charge in [-0.15, -0.1) is 0 Å². The zero-order valence-electron chi connectivity index (χ0n) is 16.3. The number of nitrogens with one attached hydrogen (secondary N) is 1. The largest absolute Gasteiger partial charge is 0.487 e. The fourth-order valence-corrected chi connectivity index (χ4v) is 4.43. The van der Waals surface area contributed by atoms with Gasteiger partial charge in [-0.05, 0) is 37.5 Å². The molecule has 1 aromatic rings. The Bertz CT molecular complexity index is 648. The van der Waals surface area contributed by atoms with E-state index >= 15 is 0 Å². The van der Waals surface area contributed by atoms with Gasteiger partial charge in [0.05, 0.1) is 31.8 Å². The Kier molecular flexibility index (Phi) is 5.55. The van der Waals surface area contributed by atoms with Crippen molar-refractivity contribution in [1.29, 1.82) is 0 Å². The molecule has 2 saturated heterocycles. The van der Waals surface area contributed by atoms with E-state index in [1.165, 1.54) is 18.4 Å². The summed E-state index contributed by atoms with van der Waals surface area (Å²) in [6.45, 7) is 7.85. The first-order valence-corrected chi connectivity index (χ1v) is 10.2. The summed E-state index contributed by atoms with van der Waals surface area (Å²) in [5, 5.41) is 3.38. The second kappa shape index (κ2) is 8.07. The smallest absolute Gasteiger partial charge is 0.318 e. The fraction of sp³-hybridized carbons (Fsp3) is 0.667. The maximum atomic E-state index is 12.8. The Labute approximate surface area is 161 Å². The van der Waals surface area contributed by atoms with E-state index in [4.69, 9.17) is 9.47 Å². The Hall–Kier alpha value is -1.79. The SMILES string of the molecule is Cc1cccc(OC2CN(C(=O)NC3(CN4CCOCC4)CCCC3)C2)c1. The summed E-state index contributed by atoms with van der Waals surface area (Å²) in [7, 11) is 0. The average molecular weight is 373 g/mol. The molecule has 0 spiro atoms. The monoisotopic (exact) mass is 373 g/mol. The number of hydrogen-bond acceptors (Lipinski definition) is 4. The summed E-state index contributed by atoms with van der Waals surface area (Å²) >= 11 is 0. The Morgan fingerprint density at radius 1 is 1.26 bits per heavy atom. The third-order valence-corrected chi connectivity index (χ3v) is 5.99. The molecule has 148 valence electrons. The van der Waals surface area contributed by atoms with Crippen LogP contribution < -0.4 is 10.1 Å². The van der Waals surface area contributed by atoms with Gasteiger partial charge in [-0.2, -0.15) is 0 Å². The standard InChI is InChI=1S/C21H31N3O3/c1-17-5-4-6-18(13-17)27-19-14-24(15-19)20(25)22-21(7-2-3-8-21)16-23-9-11-26-12-10-23/h4-6,13,19H,2-3,7-12,14-16H2,1H3,(H,22,25). The van der Waals surface area contributed by atoms with Crippen molar-refractivity contribution in [3.8, 4) is 5.75 Å². The highest BCUT2D eigenvalue weighted by Gasteiger charge is 2.40. The van der Waals surface area contributed by atoms with Crippen molar-refractivity contribution in [2.24, 2.45) is 0 Å². The van der Waals surface area contributed by atoms with Crippen molar-refractivity contribution in [3.05, 3.63) is 29.8 Å². The predicted octanol–water partition coefficient (Wildman–Crippen LogP) is 2.41. The first kappa shape index (κ1) is 18.6. The van der Waals surface area contributed by atoms with Gasteiger partial charge in [0.15, 0.2) is 0 Å². The minimum absolute atomic E-state index is 0.0641. The highest BCUT2D eigenvalue weighted by molar-refractivity contribution is 5.76. The van der Waals surface area contributed by atoms with Crippen LogP contribution in [0.4, 0.5) is 4.79 Å². The maximum absolute atomic E-state index is 12.8. The molecule has 1 saturated carbocycles. The van der Waals surface area contributed by atoms with Gasteiger partial charge in [0, 0.05) is 19.6 Å². The van der Waals surface area contributed by atoms with Gasteiger partial charge < -0.3 is 19.7 Å². The highest BCUT2D eigenvalue weighted by atomic mass is 16.5. The molecule has 0 radical (unpaired) electrons. The van der Waals surface area contributed by atoms with E-state index in [0.29, 0.717) is 13.1 Å². The van der Waals surface area contributed by atoms with Crippen LogP contribution in [0.15, 0.2) is 24.3 Å². The van der Waals surface area contributed by atoms with E-state index in [1.807, 2.05) is 23.1 Å². The van der Waals surface area contributed by atoms with Crippen LogP contribution in [-0.4, -0.2) is 73.4 Å². The number of hydrogen-bond donors (Lipinski definition) is 1. The lowest BCUT2D eigenvalue weighted by molar-refractivity contribution is 0.0197. The number of rotatable bonds is 5. The maximum Gasteiger partial charge on any atom is 0.318 e. The van der Waals surface area contributed by atoms with E-state index in [1.54, 1.807) is 0 Å². The second-order valence-electron chi connectivity index (χ2n) is 8.27. The van der Waals surface area contributed by atoms with Gasteiger partial charge in [0.2, 0.25) is 0 Å². The van der Waals surface area contributed by atoms with Crippen molar-refractivity contribution in [2.75, 3.05) is 45.9 Å². The molecule has 6 heteroatoms. The molecule has 1 aliphatic carbocycles. The summed E-state index contributed by atoms with van der Waals surface area (Å²) in [5.41, 5.74) is 1.12. The van der Waals surface area contributed by atoms with Crippen LogP contribution in [0.2, 0.25) is 0 Å². The molecule has 0 atom stereocenters. The number of benzene rings is 1. The number of ether oxygens (including phenoxy) is 2. The van der Waals surface area contributed by atoms with Gasteiger partial charge in [0.1, 0.15) is 11.9 Å². The molecule has 2 amide bonds. The molecule has 27 heavy (non-hydrogen) atoms. The number of amides is 2.